The first-order valence-corrected chi connectivity index (χ1v) is 10.4. The van der Waals surface area contributed by atoms with Gasteiger partial charge in [-0.25, -0.2) is 0 Å². The highest BCUT2D eigenvalue weighted by molar-refractivity contribution is 5.10. The monoisotopic (exact) mass is 352 g/mol. The third kappa shape index (κ3) is 4.07. The van der Waals surface area contributed by atoms with Gasteiger partial charge in [0.2, 0.25) is 0 Å². The van der Waals surface area contributed by atoms with Gasteiger partial charge < -0.3 is 14.8 Å². The molecular formula is C21H40N2O2. The normalized spacial score (nSPS) is 35.9. The topological polar surface area (TPSA) is 33.7 Å². The van der Waals surface area contributed by atoms with Gasteiger partial charge in [-0.05, 0) is 42.4 Å². The Morgan fingerprint density at radius 1 is 0.960 bits per heavy atom. The molecule has 146 valence electrons. The van der Waals surface area contributed by atoms with Crippen LogP contribution in [0.15, 0.2) is 0 Å². The molecule has 0 spiro atoms. The van der Waals surface area contributed by atoms with Crippen molar-refractivity contribution in [3.63, 3.8) is 0 Å². The standard InChI is InChI=1S/C21H40N2O2/c1-19(2,3)21(23-8-12-25-13-9-23)15-17(16-21)14-20(4,5)18-6-10-24-11-7-22-18/h17-18,22H,6-16H2,1-5H3. The van der Waals surface area contributed by atoms with Crippen LogP contribution >= 0.6 is 0 Å². The third-order valence-electron chi connectivity index (χ3n) is 7.21. The van der Waals surface area contributed by atoms with Gasteiger partial charge in [-0.15, -0.1) is 0 Å². The molecule has 0 aromatic carbocycles. The molecule has 3 aliphatic rings. The molecule has 3 fully saturated rings. The zero-order valence-electron chi connectivity index (χ0n) is 17.2. The van der Waals surface area contributed by atoms with E-state index >= 15 is 0 Å². The maximum Gasteiger partial charge on any atom is 0.0594 e. The van der Waals surface area contributed by atoms with Crippen LogP contribution in [0.5, 0.6) is 0 Å². The van der Waals surface area contributed by atoms with Gasteiger partial charge in [-0.3, -0.25) is 4.90 Å². The van der Waals surface area contributed by atoms with Gasteiger partial charge in [0.25, 0.3) is 0 Å². The SMILES string of the molecule is CC(C)(CC1CC(N2CCOCC2)(C(C)(C)C)C1)C1CCOCCN1. The predicted octanol–water partition coefficient (Wildman–Crippen LogP) is 3.31. The molecule has 0 aromatic heterocycles. The molecule has 1 N–H and O–H groups in total. The van der Waals surface area contributed by atoms with Crippen LogP contribution in [0.4, 0.5) is 0 Å². The van der Waals surface area contributed by atoms with E-state index in [-0.39, 0.29) is 0 Å². The van der Waals surface area contributed by atoms with E-state index in [1.54, 1.807) is 0 Å². The molecule has 2 heterocycles. The van der Waals surface area contributed by atoms with Crippen LogP contribution in [0.1, 0.15) is 60.3 Å². The Morgan fingerprint density at radius 2 is 1.60 bits per heavy atom. The largest absolute Gasteiger partial charge is 0.380 e. The van der Waals surface area contributed by atoms with Crippen molar-refractivity contribution in [2.45, 2.75) is 71.9 Å². The average molecular weight is 353 g/mol. The van der Waals surface area contributed by atoms with Crippen LogP contribution in [-0.4, -0.2) is 62.5 Å². The Hall–Kier alpha value is -0.160. The van der Waals surface area contributed by atoms with Gasteiger partial charge in [-0.2, -0.15) is 0 Å². The van der Waals surface area contributed by atoms with E-state index in [1.165, 1.54) is 19.3 Å². The number of rotatable bonds is 4. The van der Waals surface area contributed by atoms with Gasteiger partial charge in [0.1, 0.15) is 0 Å². The van der Waals surface area contributed by atoms with E-state index < -0.39 is 0 Å². The number of ether oxygens (including phenoxy) is 2. The van der Waals surface area contributed by atoms with Crippen molar-refractivity contribution in [3.05, 3.63) is 0 Å². The van der Waals surface area contributed by atoms with E-state index in [9.17, 15) is 0 Å². The summed E-state index contributed by atoms with van der Waals surface area (Å²) >= 11 is 0. The van der Waals surface area contributed by atoms with Crippen LogP contribution in [0.3, 0.4) is 0 Å². The Labute approximate surface area is 155 Å². The molecule has 4 heteroatoms. The number of hydrogen-bond acceptors (Lipinski definition) is 4. The van der Waals surface area contributed by atoms with Gasteiger partial charge in [0, 0.05) is 37.8 Å². The minimum absolute atomic E-state index is 0.333. The first-order chi connectivity index (χ1) is 11.7. The molecule has 1 saturated carbocycles. The Kier molecular flexibility index (Phi) is 5.85. The summed E-state index contributed by atoms with van der Waals surface area (Å²) in [6, 6.07) is 0.586. The molecule has 25 heavy (non-hydrogen) atoms. The Morgan fingerprint density at radius 3 is 2.24 bits per heavy atom. The predicted molar refractivity (Wildman–Crippen MR) is 103 cm³/mol. The van der Waals surface area contributed by atoms with Crippen LogP contribution in [0.25, 0.3) is 0 Å². The lowest BCUT2D eigenvalue weighted by atomic mass is 9.53. The lowest BCUT2D eigenvalue weighted by Crippen LogP contribution is -2.67. The van der Waals surface area contributed by atoms with Gasteiger partial charge in [0.05, 0.1) is 19.8 Å². The molecule has 0 radical (unpaired) electrons. The molecule has 0 amide bonds. The molecule has 1 unspecified atom stereocenters. The molecule has 4 nitrogen and oxygen atoms in total. The van der Waals surface area contributed by atoms with E-state index in [0.717, 1.165) is 58.4 Å². The summed E-state index contributed by atoms with van der Waals surface area (Å²) in [5.74, 6) is 0.850. The molecule has 1 atom stereocenters. The summed E-state index contributed by atoms with van der Waals surface area (Å²) in [7, 11) is 0. The summed E-state index contributed by atoms with van der Waals surface area (Å²) in [6.45, 7) is 19.0. The molecule has 0 bridgehead atoms. The van der Waals surface area contributed by atoms with E-state index in [4.69, 9.17) is 9.47 Å². The fourth-order valence-electron chi connectivity index (χ4n) is 5.64. The number of nitrogens with one attached hydrogen (secondary N) is 1. The number of nitrogens with zero attached hydrogens (tertiary/aromatic N) is 1. The first kappa shape index (κ1) is 19.6. The summed E-state index contributed by atoms with van der Waals surface area (Å²) in [6.07, 6.45) is 5.17. The van der Waals surface area contributed by atoms with Crippen molar-refractivity contribution < 1.29 is 9.47 Å². The van der Waals surface area contributed by atoms with Crippen LogP contribution in [0.2, 0.25) is 0 Å². The zero-order valence-corrected chi connectivity index (χ0v) is 17.2. The van der Waals surface area contributed by atoms with Crippen molar-refractivity contribution in [1.82, 2.24) is 10.2 Å². The fraction of sp³-hybridized carbons (Fsp3) is 1.00. The van der Waals surface area contributed by atoms with Crippen LogP contribution in [0, 0.1) is 16.7 Å². The summed E-state index contributed by atoms with van der Waals surface area (Å²) < 4.78 is 11.3. The minimum atomic E-state index is 0.333. The highest BCUT2D eigenvalue weighted by atomic mass is 16.5. The highest BCUT2D eigenvalue weighted by Crippen LogP contribution is 2.56. The van der Waals surface area contributed by atoms with Gasteiger partial charge >= 0.3 is 0 Å². The Balaban J connectivity index is 1.62. The van der Waals surface area contributed by atoms with Crippen molar-refractivity contribution in [3.8, 4) is 0 Å². The molecule has 2 saturated heterocycles. The lowest BCUT2D eigenvalue weighted by molar-refractivity contribution is -0.139. The van der Waals surface area contributed by atoms with Crippen molar-refractivity contribution in [1.29, 1.82) is 0 Å². The second-order valence-corrected chi connectivity index (χ2v) is 10.3. The molecule has 1 aliphatic carbocycles. The number of hydrogen-bond donors (Lipinski definition) is 1. The quantitative estimate of drug-likeness (QED) is 0.842. The van der Waals surface area contributed by atoms with Crippen molar-refractivity contribution >= 4 is 0 Å². The highest BCUT2D eigenvalue weighted by Gasteiger charge is 2.56. The second kappa shape index (κ2) is 7.46. The molecular weight excluding hydrogens is 312 g/mol. The van der Waals surface area contributed by atoms with Gasteiger partial charge in [0.15, 0.2) is 0 Å². The number of morpholine rings is 1. The molecule has 3 rings (SSSR count). The second-order valence-electron chi connectivity index (χ2n) is 10.3. The van der Waals surface area contributed by atoms with Gasteiger partial charge in [-0.1, -0.05) is 34.6 Å². The first-order valence-electron chi connectivity index (χ1n) is 10.4. The average Bonchev–Trinajstić information content (AvgIpc) is 2.80. The van der Waals surface area contributed by atoms with Crippen molar-refractivity contribution in [2.24, 2.45) is 16.7 Å². The Bertz CT molecular complexity index is 424. The minimum Gasteiger partial charge on any atom is -0.380 e. The zero-order chi connectivity index (χ0) is 18.1. The smallest absolute Gasteiger partial charge is 0.0594 e. The lowest BCUT2D eigenvalue weighted by Gasteiger charge is -2.63. The third-order valence-corrected chi connectivity index (χ3v) is 7.21. The fourth-order valence-corrected chi connectivity index (χ4v) is 5.64. The molecule has 0 aromatic rings. The summed E-state index contributed by atoms with van der Waals surface area (Å²) in [5, 5.41) is 3.74. The van der Waals surface area contributed by atoms with Crippen molar-refractivity contribution in [2.75, 3.05) is 46.1 Å². The van der Waals surface area contributed by atoms with Crippen LogP contribution < -0.4 is 5.32 Å². The molecule has 2 aliphatic heterocycles. The summed E-state index contributed by atoms with van der Waals surface area (Å²) in [5.41, 5.74) is 1.05. The maximum absolute atomic E-state index is 5.64. The van der Waals surface area contributed by atoms with E-state index in [1.807, 2.05) is 0 Å². The summed E-state index contributed by atoms with van der Waals surface area (Å²) in [4.78, 5) is 2.75. The van der Waals surface area contributed by atoms with E-state index in [2.05, 4.69) is 44.8 Å². The maximum atomic E-state index is 5.64. The van der Waals surface area contributed by atoms with E-state index in [0.29, 0.717) is 22.4 Å². The van der Waals surface area contributed by atoms with Crippen LogP contribution in [-0.2, 0) is 9.47 Å².